The van der Waals surface area contributed by atoms with E-state index in [1.165, 1.54) is 16.3 Å². The average Bonchev–Trinajstić information content (AvgIpc) is 2.55. The zero-order valence-corrected chi connectivity index (χ0v) is 14.2. The molecule has 2 aromatic rings. The third-order valence-electron chi connectivity index (χ3n) is 4.90. The van der Waals surface area contributed by atoms with Gasteiger partial charge in [0.25, 0.3) is 0 Å². The van der Waals surface area contributed by atoms with Crippen LogP contribution in [0.25, 0.3) is 10.8 Å². The average molecular weight is 313 g/mol. The SMILES string of the molecule is CC(C)N1CCN(Cc2cccc3cnccc23)CC1CCO. The lowest BCUT2D eigenvalue weighted by Crippen LogP contribution is -2.55. The van der Waals surface area contributed by atoms with Crippen molar-refractivity contribution < 1.29 is 5.11 Å². The number of hydrogen-bond acceptors (Lipinski definition) is 4. The number of aliphatic hydroxyl groups excluding tert-OH is 1. The lowest BCUT2D eigenvalue weighted by Gasteiger charge is -2.43. The van der Waals surface area contributed by atoms with E-state index in [0.29, 0.717) is 12.1 Å². The molecule has 0 bridgehead atoms. The van der Waals surface area contributed by atoms with E-state index in [4.69, 9.17) is 0 Å². The molecule has 0 aliphatic carbocycles. The summed E-state index contributed by atoms with van der Waals surface area (Å²) in [6.45, 7) is 8.92. The Kier molecular flexibility index (Phi) is 5.26. The highest BCUT2D eigenvalue weighted by Crippen LogP contribution is 2.22. The van der Waals surface area contributed by atoms with Crippen molar-refractivity contribution in [3.63, 3.8) is 0 Å². The largest absolute Gasteiger partial charge is 0.396 e. The molecule has 0 saturated carbocycles. The Hall–Kier alpha value is -1.49. The summed E-state index contributed by atoms with van der Waals surface area (Å²) in [6, 6.07) is 9.56. The van der Waals surface area contributed by atoms with E-state index in [9.17, 15) is 5.11 Å². The lowest BCUT2D eigenvalue weighted by molar-refractivity contribution is 0.0351. The number of aliphatic hydroxyl groups is 1. The third-order valence-corrected chi connectivity index (χ3v) is 4.90. The minimum absolute atomic E-state index is 0.266. The van der Waals surface area contributed by atoms with Crippen molar-refractivity contribution in [3.8, 4) is 0 Å². The quantitative estimate of drug-likeness (QED) is 0.921. The molecule has 1 atom stereocenters. The summed E-state index contributed by atoms with van der Waals surface area (Å²) in [4.78, 5) is 9.27. The molecule has 3 rings (SSSR count). The van der Waals surface area contributed by atoms with E-state index in [1.54, 1.807) is 0 Å². The Labute approximate surface area is 138 Å². The van der Waals surface area contributed by atoms with Gasteiger partial charge in [-0.15, -0.1) is 0 Å². The standard InChI is InChI=1S/C19H27N3O/c1-15(2)22-10-9-21(14-18(22)7-11-23)13-17-5-3-4-16-12-20-8-6-19(16)17/h3-6,8,12,15,18,23H,7,9-11,13-14H2,1-2H3. The number of piperazine rings is 1. The predicted octanol–water partition coefficient (Wildman–Crippen LogP) is 2.51. The monoisotopic (exact) mass is 313 g/mol. The summed E-state index contributed by atoms with van der Waals surface area (Å²) in [7, 11) is 0. The second-order valence-corrected chi connectivity index (χ2v) is 6.75. The molecule has 1 aromatic carbocycles. The van der Waals surface area contributed by atoms with Crippen LogP contribution in [-0.2, 0) is 6.54 Å². The fourth-order valence-electron chi connectivity index (χ4n) is 3.73. The molecule has 124 valence electrons. The predicted molar refractivity (Wildman–Crippen MR) is 94.4 cm³/mol. The summed E-state index contributed by atoms with van der Waals surface area (Å²) in [5.74, 6) is 0. The van der Waals surface area contributed by atoms with Gasteiger partial charge in [0.2, 0.25) is 0 Å². The zero-order valence-electron chi connectivity index (χ0n) is 14.2. The number of benzene rings is 1. The molecule has 4 heteroatoms. The molecule has 1 N–H and O–H groups in total. The first kappa shape index (κ1) is 16.4. The lowest BCUT2D eigenvalue weighted by atomic mass is 10.0. The third kappa shape index (κ3) is 3.71. The molecule has 1 unspecified atom stereocenters. The second-order valence-electron chi connectivity index (χ2n) is 6.75. The second kappa shape index (κ2) is 7.39. The van der Waals surface area contributed by atoms with Crippen LogP contribution in [-0.4, -0.2) is 58.2 Å². The Balaban J connectivity index is 1.75. The van der Waals surface area contributed by atoms with Gasteiger partial charge in [0.05, 0.1) is 0 Å². The first-order chi connectivity index (χ1) is 11.2. The van der Waals surface area contributed by atoms with Gasteiger partial charge >= 0.3 is 0 Å². The van der Waals surface area contributed by atoms with Crippen molar-refractivity contribution >= 4 is 10.8 Å². The van der Waals surface area contributed by atoms with E-state index in [1.807, 2.05) is 12.4 Å². The van der Waals surface area contributed by atoms with Crippen LogP contribution in [0.1, 0.15) is 25.8 Å². The molecule has 1 fully saturated rings. The Morgan fingerprint density at radius 1 is 1.26 bits per heavy atom. The molecule has 4 nitrogen and oxygen atoms in total. The maximum Gasteiger partial charge on any atom is 0.0446 e. The minimum Gasteiger partial charge on any atom is -0.396 e. The highest BCUT2D eigenvalue weighted by Gasteiger charge is 2.28. The number of nitrogens with zero attached hydrogens (tertiary/aromatic N) is 3. The van der Waals surface area contributed by atoms with Crippen molar-refractivity contribution in [2.45, 2.75) is 38.9 Å². The van der Waals surface area contributed by atoms with Crippen LogP contribution in [0.3, 0.4) is 0 Å². The van der Waals surface area contributed by atoms with Crippen molar-refractivity contribution in [2.24, 2.45) is 0 Å². The molecule has 0 amide bonds. The highest BCUT2D eigenvalue weighted by molar-refractivity contribution is 5.84. The molecular formula is C19H27N3O. The van der Waals surface area contributed by atoms with Gasteiger partial charge in [-0.2, -0.15) is 0 Å². The van der Waals surface area contributed by atoms with Crippen LogP contribution in [0.5, 0.6) is 0 Å². The Bertz CT molecular complexity index is 638. The molecule has 1 saturated heterocycles. The first-order valence-corrected chi connectivity index (χ1v) is 8.59. The van der Waals surface area contributed by atoms with Gasteiger partial charge in [0, 0.05) is 62.6 Å². The van der Waals surface area contributed by atoms with Gasteiger partial charge in [-0.25, -0.2) is 0 Å². The molecule has 1 aliphatic rings. The van der Waals surface area contributed by atoms with E-state index in [-0.39, 0.29) is 6.61 Å². The topological polar surface area (TPSA) is 39.6 Å². The molecule has 23 heavy (non-hydrogen) atoms. The normalized spacial score (nSPS) is 20.4. The Morgan fingerprint density at radius 3 is 2.91 bits per heavy atom. The van der Waals surface area contributed by atoms with Crippen LogP contribution in [0.2, 0.25) is 0 Å². The molecular weight excluding hydrogens is 286 g/mol. The van der Waals surface area contributed by atoms with Crippen LogP contribution >= 0.6 is 0 Å². The van der Waals surface area contributed by atoms with Crippen molar-refractivity contribution in [1.29, 1.82) is 0 Å². The van der Waals surface area contributed by atoms with Crippen LogP contribution < -0.4 is 0 Å². The maximum absolute atomic E-state index is 9.38. The number of rotatable bonds is 5. The van der Waals surface area contributed by atoms with Crippen LogP contribution in [0.4, 0.5) is 0 Å². The summed E-state index contributed by atoms with van der Waals surface area (Å²) in [5, 5.41) is 11.9. The highest BCUT2D eigenvalue weighted by atomic mass is 16.3. The van der Waals surface area contributed by atoms with Gasteiger partial charge in [-0.1, -0.05) is 18.2 Å². The molecule has 2 heterocycles. The van der Waals surface area contributed by atoms with Gasteiger partial charge < -0.3 is 5.11 Å². The fourth-order valence-corrected chi connectivity index (χ4v) is 3.73. The summed E-state index contributed by atoms with van der Waals surface area (Å²) >= 11 is 0. The molecule has 0 spiro atoms. The van der Waals surface area contributed by atoms with Crippen molar-refractivity contribution in [3.05, 3.63) is 42.2 Å². The number of hydrogen-bond donors (Lipinski definition) is 1. The zero-order chi connectivity index (χ0) is 16.2. The van der Waals surface area contributed by atoms with Crippen molar-refractivity contribution in [2.75, 3.05) is 26.2 Å². The minimum atomic E-state index is 0.266. The van der Waals surface area contributed by atoms with Gasteiger partial charge in [0.15, 0.2) is 0 Å². The Morgan fingerprint density at radius 2 is 2.13 bits per heavy atom. The van der Waals surface area contributed by atoms with Gasteiger partial charge in [-0.05, 0) is 37.3 Å². The van der Waals surface area contributed by atoms with Crippen LogP contribution in [0, 0.1) is 0 Å². The summed E-state index contributed by atoms with van der Waals surface area (Å²) in [5.41, 5.74) is 1.37. The van der Waals surface area contributed by atoms with Gasteiger partial charge in [0.1, 0.15) is 0 Å². The summed E-state index contributed by atoms with van der Waals surface area (Å²) in [6.07, 6.45) is 4.66. The van der Waals surface area contributed by atoms with E-state index in [0.717, 1.165) is 32.6 Å². The smallest absolute Gasteiger partial charge is 0.0446 e. The number of aromatic nitrogens is 1. The van der Waals surface area contributed by atoms with E-state index in [2.05, 4.69) is 52.9 Å². The van der Waals surface area contributed by atoms with Crippen molar-refractivity contribution in [1.82, 2.24) is 14.8 Å². The number of pyridine rings is 1. The number of fused-ring (bicyclic) bond motifs is 1. The molecule has 0 radical (unpaired) electrons. The fraction of sp³-hybridized carbons (Fsp3) is 0.526. The first-order valence-electron chi connectivity index (χ1n) is 8.59. The maximum atomic E-state index is 9.38. The summed E-state index contributed by atoms with van der Waals surface area (Å²) < 4.78 is 0. The molecule has 1 aromatic heterocycles. The van der Waals surface area contributed by atoms with E-state index < -0.39 is 0 Å². The van der Waals surface area contributed by atoms with E-state index >= 15 is 0 Å². The molecule has 1 aliphatic heterocycles. The van der Waals surface area contributed by atoms with Gasteiger partial charge in [-0.3, -0.25) is 14.8 Å². The van der Waals surface area contributed by atoms with Crippen LogP contribution in [0.15, 0.2) is 36.7 Å².